The first-order valence-corrected chi connectivity index (χ1v) is 7.28. The smallest absolute Gasteiger partial charge is 0.316 e. The second-order valence-electron chi connectivity index (χ2n) is 6.02. The molecule has 1 aromatic heterocycles. The number of nitrogens with two attached hydrogens (primary N) is 1. The lowest BCUT2D eigenvalue weighted by Gasteiger charge is -2.36. The van der Waals surface area contributed by atoms with Crippen LogP contribution in [0.1, 0.15) is 45.7 Å². The molecule has 106 valence electrons. The van der Waals surface area contributed by atoms with Crippen molar-refractivity contribution in [2.24, 2.45) is 23.5 Å². The van der Waals surface area contributed by atoms with Gasteiger partial charge in [0.05, 0.1) is 5.69 Å². The molecule has 0 radical (unpaired) electrons. The minimum absolute atomic E-state index is 0.233. The van der Waals surface area contributed by atoms with Crippen molar-refractivity contribution in [2.45, 2.75) is 52.7 Å². The summed E-state index contributed by atoms with van der Waals surface area (Å²) in [5.41, 5.74) is 6.43. The Morgan fingerprint density at radius 1 is 1.42 bits per heavy atom. The molecule has 4 nitrogen and oxygen atoms in total. The van der Waals surface area contributed by atoms with Crippen molar-refractivity contribution in [2.75, 3.05) is 0 Å². The van der Waals surface area contributed by atoms with Gasteiger partial charge < -0.3 is 10.5 Å². The normalized spacial score (nSPS) is 27.5. The summed E-state index contributed by atoms with van der Waals surface area (Å²) in [5.74, 6) is 1.95. The fourth-order valence-electron chi connectivity index (χ4n) is 2.93. The van der Waals surface area contributed by atoms with Crippen LogP contribution in [0, 0.1) is 17.8 Å². The molecule has 1 aromatic rings. The van der Waals surface area contributed by atoms with Gasteiger partial charge in [-0.2, -0.15) is 4.98 Å². The zero-order chi connectivity index (χ0) is 13.8. The van der Waals surface area contributed by atoms with Crippen LogP contribution in [-0.2, 0) is 6.54 Å². The highest BCUT2D eigenvalue weighted by Crippen LogP contribution is 2.35. The van der Waals surface area contributed by atoms with E-state index in [1.807, 2.05) is 6.07 Å². The summed E-state index contributed by atoms with van der Waals surface area (Å²) in [6, 6.07) is 2.31. The Hall–Kier alpha value is -1.16. The first-order chi connectivity index (χ1) is 9.10. The highest BCUT2D eigenvalue weighted by molar-refractivity contribution is 5.05. The highest BCUT2D eigenvalue weighted by atomic mass is 16.5. The van der Waals surface area contributed by atoms with Crippen LogP contribution in [0.3, 0.4) is 0 Å². The van der Waals surface area contributed by atoms with Crippen molar-refractivity contribution < 1.29 is 4.74 Å². The Labute approximate surface area is 115 Å². The molecule has 1 fully saturated rings. The average Bonchev–Trinajstić information content (AvgIpc) is 2.38. The van der Waals surface area contributed by atoms with Crippen molar-refractivity contribution in [1.29, 1.82) is 0 Å². The van der Waals surface area contributed by atoms with E-state index in [-0.39, 0.29) is 6.10 Å². The van der Waals surface area contributed by atoms with Crippen molar-refractivity contribution >= 4 is 0 Å². The van der Waals surface area contributed by atoms with Crippen LogP contribution in [0.4, 0.5) is 0 Å². The van der Waals surface area contributed by atoms with Gasteiger partial charge in [-0.05, 0) is 36.7 Å². The fraction of sp³-hybridized carbons (Fsp3) is 0.733. The Bertz CT molecular complexity index is 408. The second kappa shape index (κ2) is 6.33. The van der Waals surface area contributed by atoms with Gasteiger partial charge >= 0.3 is 6.01 Å². The molecule has 1 heterocycles. The average molecular weight is 263 g/mol. The van der Waals surface area contributed by atoms with Crippen LogP contribution >= 0.6 is 0 Å². The van der Waals surface area contributed by atoms with Crippen LogP contribution in [0.25, 0.3) is 0 Å². The van der Waals surface area contributed by atoms with E-state index in [2.05, 4.69) is 30.7 Å². The maximum atomic E-state index is 6.06. The lowest BCUT2D eigenvalue weighted by molar-refractivity contribution is 0.0388. The monoisotopic (exact) mass is 263 g/mol. The third kappa shape index (κ3) is 3.66. The summed E-state index contributed by atoms with van der Waals surface area (Å²) in [4.78, 5) is 8.56. The molecule has 19 heavy (non-hydrogen) atoms. The van der Waals surface area contributed by atoms with Crippen molar-refractivity contribution in [3.05, 3.63) is 18.0 Å². The SMILES string of the molecule is CC1CCC(C(C)C)C(Oc2nccc(CN)n2)C1. The summed E-state index contributed by atoms with van der Waals surface area (Å²) in [5, 5.41) is 0. The van der Waals surface area contributed by atoms with Crippen LogP contribution in [0.5, 0.6) is 6.01 Å². The van der Waals surface area contributed by atoms with Crippen LogP contribution < -0.4 is 10.5 Å². The van der Waals surface area contributed by atoms with Gasteiger partial charge in [0.15, 0.2) is 0 Å². The summed E-state index contributed by atoms with van der Waals surface area (Å²) < 4.78 is 6.06. The second-order valence-corrected chi connectivity index (χ2v) is 6.02. The van der Waals surface area contributed by atoms with Crippen molar-refractivity contribution in [1.82, 2.24) is 9.97 Å². The van der Waals surface area contributed by atoms with Gasteiger partial charge in [0.2, 0.25) is 0 Å². The largest absolute Gasteiger partial charge is 0.460 e. The molecule has 4 heteroatoms. The third-order valence-corrected chi connectivity index (χ3v) is 4.12. The maximum Gasteiger partial charge on any atom is 0.316 e. The molecule has 3 atom stereocenters. The number of ether oxygens (including phenoxy) is 1. The molecule has 0 aromatic carbocycles. The highest BCUT2D eigenvalue weighted by Gasteiger charge is 2.32. The van der Waals surface area contributed by atoms with E-state index in [0.717, 1.165) is 18.0 Å². The zero-order valence-electron chi connectivity index (χ0n) is 12.2. The number of rotatable bonds is 4. The molecule has 3 unspecified atom stereocenters. The molecule has 2 N–H and O–H groups in total. The van der Waals surface area contributed by atoms with E-state index in [1.165, 1.54) is 12.8 Å². The van der Waals surface area contributed by atoms with Gasteiger partial charge in [-0.25, -0.2) is 4.98 Å². The summed E-state index contributed by atoms with van der Waals surface area (Å²) in [6.07, 6.45) is 5.59. The first kappa shape index (κ1) is 14.3. The zero-order valence-corrected chi connectivity index (χ0v) is 12.2. The predicted molar refractivity (Wildman–Crippen MR) is 75.7 cm³/mol. The van der Waals surface area contributed by atoms with E-state index >= 15 is 0 Å². The first-order valence-electron chi connectivity index (χ1n) is 7.28. The van der Waals surface area contributed by atoms with Crippen molar-refractivity contribution in [3.8, 4) is 6.01 Å². The number of hydrogen-bond acceptors (Lipinski definition) is 4. The lowest BCUT2D eigenvalue weighted by atomic mass is 9.75. The molecule has 0 aliphatic heterocycles. The Balaban J connectivity index is 2.09. The summed E-state index contributed by atoms with van der Waals surface area (Å²) in [6.45, 7) is 7.26. The third-order valence-electron chi connectivity index (χ3n) is 4.12. The molecular formula is C15H25N3O. The van der Waals surface area contributed by atoms with Crippen molar-refractivity contribution in [3.63, 3.8) is 0 Å². The van der Waals surface area contributed by atoms with Gasteiger partial charge in [-0.1, -0.05) is 27.2 Å². The van der Waals surface area contributed by atoms with Crippen LogP contribution in [0.15, 0.2) is 12.3 Å². The van der Waals surface area contributed by atoms with Gasteiger partial charge in [0, 0.05) is 12.7 Å². The Morgan fingerprint density at radius 3 is 2.89 bits per heavy atom. The molecule has 0 saturated heterocycles. The number of nitrogens with zero attached hydrogens (tertiary/aromatic N) is 2. The van der Waals surface area contributed by atoms with E-state index in [4.69, 9.17) is 10.5 Å². The van der Waals surface area contributed by atoms with E-state index in [1.54, 1.807) is 6.20 Å². The van der Waals surface area contributed by atoms with E-state index < -0.39 is 0 Å². The predicted octanol–water partition coefficient (Wildman–Crippen LogP) is 2.77. The molecule has 0 amide bonds. The summed E-state index contributed by atoms with van der Waals surface area (Å²) in [7, 11) is 0. The Morgan fingerprint density at radius 2 is 2.21 bits per heavy atom. The molecule has 1 aliphatic rings. The van der Waals surface area contributed by atoms with Gasteiger partial charge in [0.1, 0.15) is 6.10 Å². The fourth-order valence-corrected chi connectivity index (χ4v) is 2.93. The molecule has 1 aliphatic carbocycles. The minimum atomic E-state index is 0.233. The number of aromatic nitrogens is 2. The topological polar surface area (TPSA) is 61.0 Å². The quantitative estimate of drug-likeness (QED) is 0.907. The molecule has 0 bridgehead atoms. The van der Waals surface area contributed by atoms with Crippen LogP contribution in [-0.4, -0.2) is 16.1 Å². The standard InChI is InChI=1S/C15H25N3O/c1-10(2)13-5-4-11(3)8-14(13)19-15-17-7-6-12(9-16)18-15/h6-7,10-11,13-14H,4-5,8-9,16H2,1-3H3. The van der Waals surface area contributed by atoms with E-state index in [9.17, 15) is 0 Å². The molecule has 1 saturated carbocycles. The minimum Gasteiger partial charge on any atom is -0.460 e. The Kier molecular flexibility index (Phi) is 4.75. The van der Waals surface area contributed by atoms with Gasteiger partial charge in [0.25, 0.3) is 0 Å². The van der Waals surface area contributed by atoms with Gasteiger partial charge in [-0.3, -0.25) is 0 Å². The number of hydrogen-bond donors (Lipinski definition) is 1. The molecule has 0 spiro atoms. The van der Waals surface area contributed by atoms with E-state index in [0.29, 0.717) is 24.4 Å². The summed E-state index contributed by atoms with van der Waals surface area (Å²) >= 11 is 0. The van der Waals surface area contributed by atoms with Gasteiger partial charge in [-0.15, -0.1) is 0 Å². The lowest BCUT2D eigenvalue weighted by Crippen LogP contribution is -2.36. The van der Waals surface area contributed by atoms with Crippen LogP contribution in [0.2, 0.25) is 0 Å². The molecule has 2 rings (SSSR count). The molecular weight excluding hydrogens is 238 g/mol. The maximum absolute atomic E-state index is 6.06.